The van der Waals surface area contributed by atoms with Gasteiger partial charge in [-0.25, -0.2) is 15.0 Å². The molecule has 10 aromatic carbocycles. The summed E-state index contributed by atoms with van der Waals surface area (Å²) in [5, 5.41) is 26.3. The van der Waals surface area contributed by atoms with E-state index >= 15 is 0 Å². The molecule has 3 heterocycles. The molecule has 3 aromatic heterocycles. The molecule has 0 aliphatic carbocycles. The lowest BCUT2D eigenvalue weighted by Gasteiger charge is -2.14. The Labute approximate surface area is 421 Å². The number of hydrogen-bond acceptors (Lipinski definition) is 5. The fourth-order valence-corrected chi connectivity index (χ4v) is 10.4. The largest absolute Gasteiger partial charge is 0.308 e. The highest BCUT2D eigenvalue weighted by Gasteiger charge is 2.21. The summed E-state index contributed by atoms with van der Waals surface area (Å²) in [6.07, 6.45) is 0. The molecule has 0 saturated carbocycles. The number of hydrogen-bond donors (Lipinski definition) is 0. The highest BCUT2D eigenvalue weighted by atomic mass is 15.0. The van der Waals surface area contributed by atoms with Crippen LogP contribution in [-0.4, -0.2) is 24.1 Å². The van der Waals surface area contributed by atoms with E-state index in [4.69, 9.17) is 15.0 Å². The fraction of sp³-hybridized carbons (Fsp3) is 0.0152. The van der Waals surface area contributed by atoms with E-state index in [1.165, 1.54) is 0 Å². The Morgan fingerprint density at radius 2 is 0.616 bits per heavy atom. The van der Waals surface area contributed by atoms with Gasteiger partial charge in [0.2, 0.25) is 0 Å². The van der Waals surface area contributed by atoms with E-state index in [0.717, 1.165) is 99.5 Å². The SMILES string of the molecule is Cc1ccc2c(c1)c1cc(-c3ccccc3)ccc1n2-c1ccc(-c2nc(-c3ccccc3)nc(-c3ccc(-n4c5ccc(-c6ccccc6)cc5c5cc(-c6ccccc6)ccc54)c(C#N)c3)n2)cc1C#N. The summed E-state index contributed by atoms with van der Waals surface area (Å²) in [6.45, 7) is 2.11. The average molecular weight is 932 g/mol. The number of benzene rings is 10. The third-order valence-electron chi connectivity index (χ3n) is 13.9. The molecular formula is C66H41N7. The number of aryl methyl sites for hydroxylation is 1. The Morgan fingerprint density at radius 1 is 0.301 bits per heavy atom. The van der Waals surface area contributed by atoms with Gasteiger partial charge >= 0.3 is 0 Å². The summed E-state index contributed by atoms with van der Waals surface area (Å²) in [5.74, 6) is 1.29. The molecule has 13 rings (SSSR count). The maximum Gasteiger partial charge on any atom is 0.164 e. The maximum atomic E-state index is 11.0. The van der Waals surface area contributed by atoms with E-state index in [-0.39, 0.29) is 0 Å². The van der Waals surface area contributed by atoms with Crippen molar-refractivity contribution in [1.29, 1.82) is 10.5 Å². The molecule has 0 radical (unpaired) electrons. The van der Waals surface area contributed by atoms with Gasteiger partial charge < -0.3 is 9.13 Å². The summed E-state index contributed by atoms with van der Waals surface area (Å²) in [4.78, 5) is 15.2. The first-order valence-corrected chi connectivity index (χ1v) is 24.2. The first-order chi connectivity index (χ1) is 36.0. The van der Waals surface area contributed by atoms with Gasteiger partial charge in [-0.05, 0) is 125 Å². The maximum absolute atomic E-state index is 11.0. The Morgan fingerprint density at radius 3 is 0.986 bits per heavy atom. The third-order valence-corrected chi connectivity index (χ3v) is 13.9. The van der Waals surface area contributed by atoms with Crippen molar-refractivity contribution in [3.05, 3.63) is 247 Å². The van der Waals surface area contributed by atoms with Crippen molar-refractivity contribution < 1.29 is 0 Å². The fourth-order valence-electron chi connectivity index (χ4n) is 10.4. The molecule has 7 nitrogen and oxygen atoms in total. The lowest BCUT2D eigenvalue weighted by atomic mass is 10.0. The minimum Gasteiger partial charge on any atom is -0.308 e. The normalized spacial score (nSPS) is 11.3. The van der Waals surface area contributed by atoms with Gasteiger partial charge in [-0.2, -0.15) is 10.5 Å². The van der Waals surface area contributed by atoms with Crippen LogP contribution in [0.25, 0.3) is 123 Å². The zero-order chi connectivity index (χ0) is 49.0. The van der Waals surface area contributed by atoms with Crippen molar-refractivity contribution in [3.8, 4) is 91.1 Å². The number of rotatable bonds is 8. The molecule has 0 N–H and O–H groups in total. The Balaban J connectivity index is 0.942. The van der Waals surface area contributed by atoms with E-state index in [2.05, 4.69) is 174 Å². The second kappa shape index (κ2) is 17.6. The van der Waals surface area contributed by atoms with E-state index < -0.39 is 0 Å². The van der Waals surface area contributed by atoms with Crippen molar-refractivity contribution in [1.82, 2.24) is 24.1 Å². The monoisotopic (exact) mass is 931 g/mol. The van der Waals surface area contributed by atoms with Crippen LogP contribution in [0.15, 0.2) is 231 Å². The second-order valence-corrected chi connectivity index (χ2v) is 18.3. The molecule has 7 heteroatoms. The molecule has 13 aromatic rings. The van der Waals surface area contributed by atoms with Crippen LogP contribution in [0.4, 0.5) is 0 Å². The molecule has 0 aliphatic rings. The topological polar surface area (TPSA) is 96.1 Å². The predicted molar refractivity (Wildman–Crippen MR) is 295 cm³/mol. The van der Waals surface area contributed by atoms with Crippen LogP contribution in [0.5, 0.6) is 0 Å². The molecule has 0 unspecified atom stereocenters. The average Bonchev–Trinajstić information content (AvgIpc) is 3.96. The van der Waals surface area contributed by atoms with Gasteiger partial charge in [0.1, 0.15) is 12.1 Å². The number of nitrogens with zero attached hydrogens (tertiary/aromatic N) is 7. The molecule has 0 saturated heterocycles. The molecule has 0 bridgehead atoms. The van der Waals surface area contributed by atoms with Crippen LogP contribution in [0.1, 0.15) is 16.7 Å². The standard InChI is InChI=1S/C66H41N7/c1-42-22-28-60-54(34-42)55-37-47(43-14-6-2-7-15-43)23-31-61(55)72(60)58-29-26-50(35-52(58)40-67)65-69-64(46-20-12-5-13-21-46)70-66(71-65)51-27-30-59(53(36-51)41-68)73-62-32-24-48(44-16-8-3-9-17-44)38-56(62)57-39-49(25-33-63(57)73)45-18-10-4-11-19-45/h2-39H,1H3. The summed E-state index contributed by atoms with van der Waals surface area (Å²) < 4.78 is 4.37. The van der Waals surface area contributed by atoms with Crippen LogP contribution in [0.2, 0.25) is 0 Å². The van der Waals surface area contributed by atoms with Gasteiger partial charge in [-0.3, -0.25) is 0 Å². The second-order valence-electron chi connectivity index (χ2n) is 18.3. The van der Waals surface area contributed by atoms with Gasteiger partial charge in [0.05, 0.1) is 44.6 Å². The summed E-state index contributed by atoms with van der Waals surface area (Å²) in [6, 6.07) is 83.9. The van der Waals surface area contributed by atoms with Crippen molar-refractivity contribution in [3.63, 3.8) is 0 Å². The van der Waals surface area contributed by atoms with Crippen LogP contribution < -0.4 is 0 Å². The summed E-state index contributed by atoms with van der Waals surface area (Å²) >= 11 is 0. The number of fused-ring (bicyclic) bond motifs is 6. The molecular weight excluding hydrogens is 891 g/mol. The van der Waals surface area contributed by atoms with Crippen LogP contribution in [-0.2, 0) is 0 Å². The lowest BCUT2D eigenvalue weighted by molar-refractivity contribution is 1.07. The highest BCUT2D eigenvalue weighted by Crippen LogP contribution is 2.40. The smallest absolute Gasteiger partial charge is 0.164 e. The third kappa shape index (κ3) is 7.48. The van der Waals surface area contributed by atoms with Crippen molar-refractivity contribution in [2.45, 2.75) is 6.92 Å². The zero-order valence-electron chi connectivity index (χ0n) is 39.6. The Bertz CT molecular complexity index is 4290. The Kier molecular flexibility index (Phi) is 10.4. The molecule has 0 spiro atoms. The molecule has 0 amide bonds. The predicted octanol–water partition coefficient (Wildman–Crippen LogP) is 16.1. The highest BCUT2D eigenvalue weighted by molar-refractivity contribution is 6.12. The van der Waals surface area contributed by atoms with Crippen LogP contribution in [0.3, 0.4) is 0 Å². The Hall–Kier alpha value is -10.2. The zero-order valence-corrected chi connectivity index (χ0v) is 39.6. The molecule has 73 heavy (non-hydrogen) atoms. The first kappa shape index (κ1) is 42.9. The van der Waals surface area contributed by atoms with Crippen LogP contribution >= 0.6 is 0 Å². The van der Waals surface area contributed by atoms with E-state index in [1.54, 1.807) is 0 Å². The van der Waals surface area contributed by atoms with Gasteiger partial charge in [0.25, 0.3) is 0 Å². The van der Waals surface area contributed by atoms with Crippen molar-refractivity contribution in [2.24, 2.45) is 0 Å². The van der Waals surface area contributed by atoms with E-state index in [0.29, 0.717) is 39.7 Å². The van der Waals surface area contributed by atoms with Crippen LogP contribution in [0, 0.1) is 29.6 Å². The minimum atomic E-state index is 0.406. The van der Waals surface area contributed by atoms with Crippen molar-refractivity contribution in [2.75, 3.05) is 0 Å². The number of nitriles is 2. The van der Waals surface area contributed by atoms with Gasteiger partial charge in [0, 0.05) is 38.2 Å². The summed E-state index contributed by atoms with van der Waals surface area (Å²) in [5.41, 5.74) is 16.5. The lowest BCUT2D eigenvalue weighted by Crippen LogP contribution is -2.03. The molecule has 340 valence electrons. The quantitative estimate of drug-likeness (QED) is 0.151. The number of aromatic nitrogens is 5. The minimum absolute atomic E-state index is 0.406. The molecule has 0 aliphatic heterocycles. The van der Waals surface area contributed by atoms with E-state index in [1.807, 2.05) is 84.9 Å². The van der Waals surface area contributed by atoms with E-state index in [9.17, 15) is 10.5 Å². The van der Waals surface area contributed by atoms with Gasteiger partial charge in [-0.15, -0.1) is 0 Å². The van der Waals surface area contributed by atoms with Crippen molar-refractivity contribution >= 4 is 43.6 Å². The van der Waals surface area contributed by atoms with Gasteiger partial charge in [0.15, 0.2) is 17.5 Å². The molecule has 0 fully saturated rings. The van der Waals surface area contributed by atoms with Gasteiger partial charge in [-0.1, -0.05) is 151 Å². The molecule has 0 atom stereocenters. The summed E-state index contributed by atoms with van der Waals surface area (Å²) in [7, 11) is 0. The first-order valence-electron chi connectivity index (χ1n) is 24.2.